The van der Waals surface area contributed by atoms with Gasteiger partial charge in [-0.1, -0.05) is 24.3 Å². The number of methoxy groups -OCH3 is 2. The summed E-state index contributed by atoms with van der Waals surface area (Å²) in [7, 11) is 3.20. The number of allylic oxidation sites excluding steroid dienone is 1. The van der Waals surface area contributed by atoms with Gasteiger partial charge in [0, 0.05) is 43.3 Å². The Hall–Kier alpha value is -3.74. The van der Waals surface area contributed by atoms with Crippen LogP contribution >= 0.6 is 0 Å². The van der Waals surface area contributed by atoms with Crippen LogP contribution < -0.4 is 4.74 Å². The van der Waals surface area contributed by atoms with E-state index in [0.717, 1.165) is 38.5 Å². The normalized spacial score (nSPS) is 11.7. The molecular weight excluding hydrogens is 440 g/mol. The lowest BCUT2D eigenvalue weighted by Gasteiger charge is -2.11. The van der Waals surface area contributed by atoms with E-state index in [9.17, 15) is 4.79 Å². The Kier molecular flexibility index (Phi) is 7.44. The van der Waals surface area contributed by atoms with E-state index >= 15 is 0 Å². The van der Waals surface area contributed by atoms with Crippen LogP contribution in [-0.4, -0.2) is 43.8 Å². The van der Waals surface area contributed by atoms with Crippen molar-refractivity contribution in [2.45, 2.75) is 26.7 Å². The smallest absolute Gasteiger partial charge is 0.343 e. The van der Waals surface area contributed by atoms with Gasteiger partial charge in [0.05, 0.1) is 17.6 Å². The monoisotopic (exact) mass is 470 g/mol. The minimum atomic E-state index is -0.383. The fourth-order valence-electron chi connectivity index (χ4n) is 4.42. The van der Waals surface area contributed by atoms with E-state index < -0.39 is 0 Å². The summed E-state index contributed by atoms with van der Waals surface area (Å²) in [5.74, 6) is 0.120. The molecule has 1 aromatic heterocycles. The fraction of sp³-hybridized carbons (Fsp3) is 0.241. The van der Waals surface area contributed by atoms with Gasteiger partial charge in [-0.15, -0.1) is 6.58 Å². The van der Waals surface area contributed by atoms with Crippen LogP contribution in [0, 0.1) is 13.8 Å². The Morgan fingerprint density at radius 3 is 2.51 bits per heavy atom. The van der Waals surface area contributed by atoms with E-state index in [1.54, 1.807) is 26.4 Å². The molecule has 6 nitrogen and oxygen atoms in total. The molecule has 0 saturated carbocycles. The lowest BCUT2D eigenvalue weighted by molar-refractivity contribution is -0.0936. The van der Waals surface area contributed by atoms with Gasteiger partial charge in [0.15, 0.2) is 6.29 Å². The van der Waals surface area contributed by atoms with E-state index in [1.165, 1.54) is 0 Å². The van der Waals surface area contributed by atoms with E-state index in [-0.39, 0.29) is 12.3 Å². The van der Waals surface area contributed by atoms with E-state index in [0.29, 0.717) is 24.4 Å². The zero-order valence-corrected chi connectivity index (χ0v) is 20.6. The standard InChI is InChI=1S/C29H30N2O4/c1-6-14-31-25-13-12-23(35-29(32)21-10-8-7-9-11-21)16-24(25)27-20(3)22(15-19(2)28(27)31)17-30-18-26(33-4)34-5/h6-13,15-17,26H,1,14,18H2,2-5H3/b30-17+. The summed E-state index contributed by atoms with van der Waals surface area (Å²) in [6.07, 6.45) is 3.37. The molecule has 0 bridgehead atoms. The Morgan fingerprint density at radius 1 is 1.09 bits per heavy atom. The molecule has 0 radical (unpaired) electrons. The highest BCUT2D eigenvalue weighted by atomic mass is 16.7. The molecule has 0 fully saturated rings. The summed E-state index contributed by atoms with van der Waals surface area (Å²) in [4.78, 5) is 17.2. The van der Waals surface area contributed by atoms with Crippen molar-refractivity contribution >= 4 is 34.0 Å². The highest BCUT2D eigenvalue weighted by Crippen LogP contribution is 2.37. The van der Waals surface area contributed by atoms with Gasteiger partial charge in [-0.05, 0) is 66.9 Å². The molecule has 3 aromatic carbocycles. The van der Waals surface area contributed by atoms with Gasteiger partial charge >= 0.3 is 5.97 Å². The second kappa shape index (κ2) is 10.7. The number of carbonyl (C=O) groups is 1. The predicted molar refractivity (Wildman–Crippen MR) is 141 cm³/mol. The molecule has 0 aliphatic carbocycles. The molecule has 0 aliphatic rings. The number of rotatable bonds is 9. The fourth-order valence-corrected chi connectivity index (χ4v) is 4.42. The Labute approximate surface area is 205 Å². The molecule has 0 N–H and O–H groups in total. The molecule has 180 valence electrons. The number of aryl methyl sites for hydroxylation is 2. The zero-order chi connectivity index (χ0) is 24.9. The van der Waals surface area contributed by atoms with Crippen LogP contribution in [0.25, 0.3) is 21.8 Å². The van der Waals surface area contributed by atoms with Crippen molar-refractivity contribution in [1.82, 2.24) is 4.57 Å². The van der Waals surface area contributed by atoms with Gasteiger partial charge < -0.3 is 18.8 Å². The van der Waals surface area contributed by atoms with Gasteiger partial charge in [-0.3, -0.25) is 4.99 Å². The van der Waals surface area contributed by atoms with Crippen molar-refractivity contribution in [2.75, 3.05) is 20.8 Å². The van der Waals surface area contributed by atoms with Crippen LogP contribution in [0.1, 0.15) is 27.0 Å². The minimum Gasteiger partial charge on any atom is -0.423 e. The molecule has 0 atom stereocenters. The van der Waals surface area contributed by atoms with Gasteiger partial charge in [-0.2, -0.15) is 0 Å². The number of fused-ring (bicyclic) bond motifs is 3. The molecular formula is C29H30N2O4. The second-order valence-electron chi connectivity index (χ2n) is 8.36. The average molecular weight is 471 g/mol. The molecule has 0 amide bonds. The first kappa shape index (κ1) is 24.4. The summed E-state index contributed by atoms with van der Waals surface area (Å²) >= 11 is 0. The predicted octanol–water partition coefficient (Wildman–Crippen LogP) is 5.85. The number of ether oxygens (including phenoxy) is 3. The second-order valence-corrected chi connectivity index (χ2v) is 8.36. The number of carbonyl (C=O) groups excluding carboxylic acids is 1. The number of aliphatic imine (C=N–C) groups is 1. The molecule has 0 saturated heterocycles. The maximum atomic E-state index is 12.6. The van der Waals surface area contributed by atoms with E-state index in [2.05, 4.69) is 36.1 Å². The van der Waals surface area contributed by atoms with Crippen molar-refractivity contribution in [3.63, 3.8) is 0 Å². The highest BCUT2D eigenvalue weighted by molar-refractivity contribution is 6.13. The van der Waals surface area contributed by atoms with Gasteiger partial charge in [0.1, 0.15) is 5.75 Å². The minimum absolute atomic E-state index is 0.382. The van der Waals surface area contributed by atoms with Crippen LogP contribution in [0.3, 0.4) is 0 Å². The SMILES string of the molecule is C=CCn1c2ccc(OC(=O)c3ccccc3)cc2c2c(C)c(/C=N/CC(OC)OC)cc(C)c21. The van der Waals surface area contributed by atoms with Crippen molar-refractivity contribution in [1.29, 1.82) is 0 Å². The van der Waals surface area contributed by atoms with Crippen LogP contribution in [0.2, 0.25) is 0 Å². The number of esters is 1. The molecule has 0 aliphatic heterocycles. The average Bonchev–Trinajstić information content (AvgIpc) is 3.19. The molecule has 6 heteroatoms. The van der Waals surface area contributed by atoms with Gasteiger partial charge in [0.2, 0.25) is 0 Å². The molecule has 4 rings (SSSR count). The molecule has 1 heterocycles. The number of hydrogen-bond acceptors (Lipinski definition) is 5. The molecule has 0 spiro atoms. The summed E-state index contributed by atoms with van der Waals surface area (Å²) in [5.41, 5.74) is 5.94. The van der Waals surface area contributed by atoms with Crippen molar-refractivity contribution in [3.8, 4) is 5.75 Å². The summed E-state index contributed by atoms with van der Waals surface area (Å²) in [6, 6.07) is 16.9. The topological polar surface area (TPSA) is 62.1 Å². The first-order valence-corrected chi connectivity index (χ1v) is 11.5. The van der Waals surface area contributed by atoms with Crippen molar-refractivity contribution in [3.05, 3.63) is 89.5 Å². The Balaban J connectivity index is 1.82. The van der Waals surface area contributed by atoms with Crippen LogP contribution in [0.4, 0.5) is 0 Å². The quantitative estimate of drug-likeness (QED) is 0.101. The maximum absolute atomic E-state index is 12.6. The molecule has 0 unspecified atom stereocenters. The first-order valence-electron chi connectivity index (χ1n) is 11.5. The number of benzene rings is 3. The van der Waals surface area contributed by atoms with Gasteiger partial charge in [-0.25, -0.2) is 4.79 Å². The van der Waals surface area contributed by atoms with Crippen LogP contribution in [-0.2, 0) is 16.0 Å². The molecule has 35 heavy (non-hydrogen) atoms. The highest BCUT2D eigenvalue weighted by Gasteiger charge is 2.18. The molecule has 4 aromatic rings. The summed E-state index contributed by atoms with van der Waals surface area (Å²) in [6.45, 7) is 9.21. The number of aromatic nitrogens is 1. The van der Waals surface area contributed by atoms with Gasteiger partial charge in [0.25, 0.3) is 0 Å². The first-order chi connectivity index (χ1) is 17.0. The summed E-state index contributed by atoms with van der Waals surface area (Å²) in [5, 5.41) is 2.12. The third-order valence-corrected chi connectivity index (χ3v) is 6.13. The van der Waals surface area contributed by atoms with Crippen LogP contribution in [0.15, 0.2) is 72.2 Å². The Bertz CT molecular complexity index is 1400. The third kappa shape index (κ3) is 4.90. The summed E-state index contributed by atoms with van der Waals surface area (Å²) < 4.78 is 18.4. The Morgan fingerprint density at radius 2 is 1.83 bits per heavy atom. The van der Waals surface area contributed by atoms with Crippen LogP contribution in [0.5, 0.6) is 5.75 Å². The van der Waals surface area contributed by atoms with Crippen molar-refractivity contribution < 1.29 is 19.0 Å². The number of hydrogen-bond donors (Lipinski definition) is 0. The lowest BCUT2D eigenvalue weighted by Crippen LogP contribution is -2.16. The van der Waals surface area contributed by atoms with Crippen molar-refractivity contribution in [2.24, 2.45) is 4.99 Å². The van der Waals surface area contributed by atoms with E-state index in [4.69, 9.17) is 14.2 Å². The maximum Gasteiger partial charge on any atom is 0.343 e. The largest absolute Gasteiger partial charge is 0.423 e. The third-order valence-electron chi connectivity index (χ3n) is 6.13. The zero-order valence-electron chi connectivity index (χ0n) is 20.6. The number of nitrogens with zero attached hydrogens (tertiary/aromatic N) is 2. The van der Waals surface area contributed by atoms with E-state index in [1.807, 2.05) is 48.7 Å². The lowest BCUT2D eigenvalue weighted by atomic mass is 9.99.